The molecule has 0 spiro atoms. The summed E-state index contributed by atoms with van der Waals surface area (Å²) in [5, 5.41) is 2.88. The van der Waals surface area contributed by atoms with Crippen molar-refractivity contribution in [2.24, 2.45) is 5.92 Å². The zero-order valence-electron chi connectivity index (χ0n) is 23.1. The van der Waals surface area contributed by atoms with E-state index in [4.69, 9.17) is 14.2 Å². The van der Waals surface area contributed by atoms with E-state index in [1.807, 2.05) is 0 Å². The lowest BCUT2D eigenvalue weighted by molar-refractivity contribution is -0.271. The SMILES string of the molecule is CC(C)(C)OC(=O)NC1(CCc2ccc(CCCC3CCCCC3)c(C(F)(F)F)c2)COC(C)(C)OC1. The van der Waals surface area contributed by atoms with Crippen LogP contribution >= 0.6 is 0 Å². The summed E-state index contributed by atoms with van der Waals surface area (Å²) in [6.07, 6.45) is 4.03. The second-order valence-corrected chi connectivity index (χ2v) is 12.3. The molecule has 2 aliphatic rings. The highest BCUT2D eigenvalue weighted by molar-refractivity contribution is 5.69. The Morgan fingerprint density at radius 2 is 1.70 bits per heavy atom. The number of aryl methyl sites for hydroxylation is 2. The number of halogens is 3. The van der Waals surface area contributed by atoms with Crippen LogP contribution in [0.3, 0.4) is 0 Å². The molecule has 1 saturated heterocycles. The van der Waals surface area contributed by atoms with Gasteiger partial charge in [0.25, 0.3) is 0 Å². The quantitative estimate of drug-likeness (QED) is 0.378. The summed E-state index contributed by atoms with van der Waals surface area (Å²) >= 11 is 0. The zero-order chi connectivity index (χ0) is 27.3. The first-order valence-corrected chi connectivity index (χ1v) is 13.6. The fourth-order valence-electron chi connectivity index (χ4n) is 5.21. The van der Waals surface area contributed by atoms with Gasteiger partial charge in [0.05, 0.1) is 24.3 Å². The monoisotopic (exact) mass is 527 g/mol. The summed E-state index contributed by atoms with van der Waals surface area (Å²) < 4.78 is 59.0. The number of rotatable bonds is 8. The van der Waals surface area contributed by atoms with Crippen molar-refractivity contribution in [3.63, 3.8) is 0 Å². The second-order valence-electron chi connectivity index (χ2n) is 12.3. The number of benzene rings is 1. The van der Waals surface area contributed by atoms with Crippen molar-refractivity contribution in [2.75, 3.05) is 13.2 Å². The van der Waals surface area contributed by atoms with E-state index in [0.29, 0.717) is 36.3 Å². The molecule has 1 aliphatic carbocycles. The molecular weight excluding hydrogens is 483 g/mol. The third-order valence-electron chi connectivity index (χ3n) is 7.31. The number of hydrogen-bond donors (Lipinski definition) is 1. The molecular formula is C29H44F3NO4. The first-order valence-electron chi connectivity index (χ1n) is 13.6. The molecule has 1 aliphatic heterocycles. The average molecular weight is 528 g/mol. The third kappa shape index (κ3) is 9.47. The number of nitrogens with one attached hydrogen (secondary N) is 1. The van der Waals surface area contributed by atoms with Gasteiger partial charge in [0.1, 0.15) is 5.60 Å². The number of alkyl carbamates (subject to hydrolysis) is 1. The number of carbonyl (C=O) groups is 1. The Morgan fingerprint density at radius 1 is 1.05 bits per heavy atom. The summed E-state index contributed by atoms with van der Waals surface area (Å²) in [5.41, 5.74) is -1.22. The molecule has 1 heterocycles. The van der Waals surface area contributed by atoms with Gasteiger partial charge in [0.15, 0.2) is 5.79 Å². The smallest absolute Gasteiger partial charge is 0.416 e. The molecule has 1 N–H and O–H groups in total. The van der Waals surface area contributed by atoms with Crippen LogP contribution in [0.4, 0.5) is 18.0 Å². The Balaban J connectivity index is 1.69. The van der Waals surface area contributed by atoms with Crippen molar-refractivity contribution in [3.8, 4) is 0 Å². The molecule has 37 heavy (non-hydrogen) atoms. The van der Waals surface area contributed by atoms with E-state index in [1.54, 1.807) is 46.8 Å². The molecule has 3 rings (SSSR count). The Kier molecular flexibility index (Phi) is 9.60. The molecule has 1 aromatic carbocycles. The van der Waals surface area contributed by atoms with E-state index >= 15 is 0 Å². The van der Waals surface area contributed by atoms with Crippen LogP contribution in [0.5, 0.6) is 0 Å². The fraction of sp³-hybridized carbons (Fsp3) is 0.759. The minimum atomic E-state index is -4.41. The highest BCUT2D eigenvalue weighted by Crippen LogP contribution is 2.35. The molecule has 8 heteroatoms. The Hall–Kier alpha value is -1.80. The molecule has 210 valence electrons. The summed E-state index contributed by atoms with van der Waals surface area (Å²) in [4.78, 5) is 12.6. The molecule has 0 unspecified atom stereocenters. The highest BCUT2D eigenvalue weighted by atomic mass is 19.4. The van der Waals surface area contributed by atoms with Gasteiger partial charge in [-0.05, 0) is 83.4 Å². The van der Waals surface area contributed by atoms with Crippen molar-refractivity contribution in [1.29, 1.82) is 0 Å². The highest BCUT2D eigenvalue weighted by Gasteiger charge is 2.42. The van der Waals surface area contributed by atoms with Crippen LogP contribution in [-0.4, -0.2) is 36.2 Å². The molecule has 0 aromatic heterocycles. The topological polar surface area (TPSA) is 56.8 Å². The van der Waals surface area contributed by atoms with Crippen LogP contribution in [0.2, 0.25) is 0 Å². The lowest BCUT2D eigenvalue weighted by Gasteiger charge is -2.44. The largest absolute Gasteiger partial charge is 0.444 e. The molecule has 1 aromatic rings. The van der Waals surface area contributed by atoms with Crippen molar-refractivity contribution < 1.29 is 32.2 Å². The maximum absolute atomic E-state index is 14.0. The maximum Gasteiger partial charge on any atom is 0.416 e. The van der Waals surface area contributed by atoms with Gasteiger partial charge in [-0.15, -0.1) is 0 Å². The van der Waals surface area contributed by atoms with E-state index in [9.17, 15) is 18.0 Å². The number of amides is 1. The molecule has 2 fully saturated rings. The maximum atomic E-state index is 14.0. The summed E-state index contributed by atoms with van der Waals surface area (Å²) in [6.45, 7) is 9.22. The molecule has 1 amide bonds. The Morgan fingerprint density at radius 3 is 2.30 bits per heavy atom. The predicted octanol–water partition coefficient (Wildman–Crippen LogP) is 7.59. The van der Waals surface area contributed by atoms with E-state index in [2.05, 4.69) is 5.32 Å². The van der Waals surface area contributed by atoms with Crippen LogP contribution < -0.4 is 5.32 Å². The fourth-order valence-corrected chi connectivity index (χ4v) is 5.21. The van der Waals surface area contributed by atoms with Gasteiger partial charge in [-0.3, -0.25) is 0 Å². The number of hydrogen-bond acceptors (Lipinski definition) is 4. The normalized spacial score (nSPS) is 20.4. The van der Waals surface area contributed by atoms with Gasteiger partial charge < -0.3 is 19.5 Å². The molecule has 0 bridgehead atoms. The van der Waals surface area contributed by atoms with Crippen molar-refractivity contribution in [2.45, 2.75) is 122 Å². The third-order valence-corrected chi connectivity index (χ3v) is 7.31. The first-order chi connectivity index (χ1) is 17.2. The van der Waals surface area contributed by atoms with Gasteiger partial charge in [-0.1, -0.05) is 50.7 Å². The van der Waals surface area contributed by atoms with Crippen molar-refractivity contribution in [3.05, 3.63) is 34.9 Å². The van der Waals surface area contributed by atoms with Crippen LogP contribution in [0.15, 0.2) is 18.2 Å². The van der Waals surface area contributed by atoms with Crippen molar-refractivity contribution in [1.82, 2.24) is 5.32 Å². The molecule has 1 saturated carbocycles. The zero-order valence-corrected chi connectivity index (χ0v) is 23.1. The van der Waals surface area contributed by atoms with Crippen molar-refractivity contribution >= 4 is 6.09 Å². The van der Waals surface area contributed by atoms with E-state index in [0.717, 1.165) is 12.8 Å². The van der Waals surface area contributed by atoms with Crippen LogP contribution in [0.25, 0.3) is 0 Å². The molecule has 5 nitrogen and oxygen atoms in total. The lowest BCUT2D eigenvalue weighted by Crippen LogP contribution is -2.61. The van der Waals surface area contributed by atoms with Crippen LogP contribution in [0, 0.1) is 5.92 Å². The van der Waals surface area contributed by atoms with E-state index in [-0.39, 0.29) is 13.2 Å². The van der Waals surface area contributed by atoms with Gasteiger partial charge in [0, 0.05) is 0 Å². The van der Waals surface area contributed by atoms with Gasteiger partial charge in [-0.25, -0.2) is 4.79 Å². The predicted molar refractivity (Wildman–Crippen MR) is 137 cm³/mol. The van der Waals surface area contributed by atoms with E-state index in [1.165, 1.54) is 38.2 Å². The summed E-state index contributed by atoms with van der Waals surface area (Å²) in [5.74, 6) is -0.150. The van der Waals surface area contributed by atoms with Gasteiger partial charge >= 0.3 is 12.3 Å². The minimum Gasteiger partial charge on any atom is -0.444 e. The number of alkyl halides is 3. The van der Waals surface area contributed by atoms with E-state index < -0.39 is 34.8 Å². The Bertz CT molecular complexity index is 891. The van der Waals surface area contributed by atoms with Crippen LogP contribution in [-0.2, 0) is 33.2 Å². The molecule has 0 radical (unpaired) electrons. The summed E-state index contributed by atoms with van der Waals surface area (Å²) in [6, 6.07) is 4.68. The summed E-state index contributed by atoms with van der Waals surface area (Å²) in [7, 11) is 0. The van der Waals surface area contributed by atoms with Gasteiger partial charge in [0.2, 0.25) is 0 Å². The molecule has 0 atom stereocenters. The average Bonchev–Trinajstić information content (AvgIpc) is 2.79. The number of ether oxygens (including phenoxy) is 3. The van der Waals surface area contributed by atoms with Gasteiger partial charge in [-0.2, -0.15) is 13.2 Å². The van der Waals surface area contributed by atoms with Crippen LogP contribution in [0.1, 0.15) is 103 Å². The standard InChI is InChI=1S/C29H44F3NO4/c1-26(2,3)37-25(34)33-28(19-35-27(4,5)36-20-28)17-16-22-14-15-23(24(18-22)29(30,31)32)13-9-12-21-10-7-6-8-11-21/h14-15,18,21H,6-13,16-17,19-20H2,1-5H3,(H,33,34). The minimum absolute atomic E-state index is 0.171. The first kappa shape index (κ1) is 29.8. The number of carbonyl (C=O) groups excluding carboxylic acids is 1. The lowest BCUT2D eigenvalue weighted by atomic mass is 9.85. The second kappa shape index (κ2) is 11.9. The Labute approximate surface area is 219 Å².